The molecule has 0 aliphatic carbocycles. The third-order valence-corrected chi connectivity index (χ3v) is 2.74. The van der Waals surface area contributed by atoms with E-state index in [0.717, 1.165) is 12.1 Å². The van der Waals surface area contributed by atoms with Crippen LogP contribution in [0.25, 0.3) is 0 Å². The molecule has 0 heterocycles. The Morgan fingerprint density at radius 3 is 2.35 bits per heavy atom. The third kappa shape index (κ3) is 3.75. The second-order valence-electron chi connectivity index (χ2n) is 4.46. The van der Waals surface area contributed by atoms with Crippen molar-refractivity contribution in [2.45, 2.75) is 32.5 Å². The summed E-state index contributed by atoms with van der Waals surface area (Å²) in [5.74, 6) is -1.62. The Morgan fingerprint density at radius 2 is 1.88 bits per heavy atom. The standard InChI is InChI=1S/C13H18F2O2/c1-8(2)13(17-3)12(16)7-9-4-5-10(14)11(15)6-9/h4-6,8,12-13,16H,7H2,1-3H3. The van der Waals surface area contributed by atoms with Gasteiger partial charge in [0.15, 0.2) is 11.6 Å². The highest BCUT2D eigenvalue weighted by molar-refractivity contribution is 5.18. The van der Waals surface area contributed by atoms with E-state index in [1.54, 1.807) is 0 Å². The molecule has 0 bridgehead atoms. The number of aliphatic hydroxyl groups excluding tert-OH is 1. The van der Waals surface area contributed by atoms with Gasteiger partial charge in [-0.25, -0.2) is 8.78 Å². The summed E-state index contributed by atoms with van der Waals surface area (Å²) < 4.78 is 30.9. The predicted molar refractivity (Wildman–Crippen MR) is 61.7 cm³/mol. The van der Waals surface area contributed by atoms with Gasteiger partial charge in [0.2, 0.25) is 0 Å². The monoisotopic (exact) mass is 244 g/mol. The lowest BCUT2D eigenvalue weighted by Gasteiger charge is -2.25. The van der Waals surface area contributed by atoms with E-state index in [4.69, 9.17) is 4.74 Å². The first-order valence-electron chi connectivity index (χ1n) is 5.60. The molecule has 0 saturated carbocycles. The summed E-state index contributed by atoms with van der Waals surface area (Å²) in [5, 5.41) is 9.95. The number of aliphatic hydroxyl groups is 1. The van der Waals surface area contributed by atoms with Gasteiger partial charge in [0.05, 0.1) is 12.2 Å². The number of halogens is 2. The Balaban J connectivity index is 2.73. The van der Waals surface area contributed by atoms with Gasteiger partial charge in [-0.05, 0) is 23.6 Å². The molecule has 4 heteroatoms. The highest BCUT2D eigenvalue weighted by atomic mass is 19.2. The lowest BCUT2D eigenvalue weighted by atomic mass is 9.96. The van der Waals surface area contributed by atoms with Crippen LogP contribution in [0.3, 0.4) is 0 Å². The van der Waals surface area contributed by atoms with Gasteiger partial charge < -0.3 is 9.84 Å². The number of hydrogen-bond acceptors (Lipinski definition) is 2. The van der Waals surface area contributed by atoms with Gasteiger partial charge in [0.25, 0.3) is 0 Å². The second kappa shape index (κ2) is 6.07. The van der Waals surface area contributed by atoms with E-state index >= 15 is 0 Å². The Labute approximate surface area is 100 Å². The van der Waals surface area contributed by atoms with Crippen LogP contribution in [0.5, 0.6) is 0 Å². The highest BCUT2D eigenvalue weighted by Gasteiger charge is 2.22. The normalized spacial score (nSPS) is 15.0. The van der Waals surface area contributed by atoms with Crippen LogP contribution in [0, 0.1) is 17.6 Å². The minimum Gasteiger partial charge on any atom is -0.390 e. The molecule has 1 N–H and O–H groups in total. The molecule has 0 aliphatic rings. The van der Waals surface area contributed by atoms with Crippen LogP contribution in [0.15, 0.2) is 18.2 Å². The molecule has 0 aromatic heterocycles. The molecular weight excluding hydrogens is 226 g/mol. The molecule has 0 aliphatic heterocycles. The van der Waals surface area contributed by atoms with Crippen molar-refractivity contribution in [3.8, 4) is 0 Å². The zero-order valence-electron chi connectivity index (χ0n) is 10.3. The SMILES string of the molecule is COC(C(C)C)C(O)Cc1ccc(F)c(F)c1. The van der Waals surface area contributed by atoms with Crippen LogP contribution in [0.2, 0.25) is 0 Å². The van der Waals surface area contributed by atoms with E-state index in [0.29, 0.717) is 5.56 Å². The van der Waals surface area contributed by atoms with E-state index in [9.17, 15) is 13.9 Å². The van der Waals surface area contributed by atoms with Crippen molar-refractivity contribution in [3.05, 3.63) is 35.4 Å². The van der Waals surface area contributed by atoms with Gasteiger partial charge >= 0.3 is 0 Å². The van der Waals surface area contributed by atoms with Crippen LogP contribution in [-0.4, -0.2) is 24.4 Å². The molecule has 96 valence electrons. The van der Waals surface area contributed by atoms with Crippen LogP contribution in [0.4, 0.5) is 8.78 Å². The molecule has 1 rings (SSSR count). The van der Waals surface area contributed by atoms with Crippen LogP contribution >= 0.6 is 0 Å². The first-order chi connectivity index (χ1) is 7.95. The maximum Gasteiger partial charge on any atom is 0.159 e. The fourth-order valence-corrected chi connectivity index (χ4v) is 1.90. The summed E-state index contributed by atoms with van der Waals surface area (Å²) in [7, 11) is 1.53. The van der Waals surface area contributed by atoms with Crippen molar-refractivity contribution in [3.63, 3.8) is 0 Å². The van der Waals surface area contributed by atoms with E-state index in [-0.39, 0.29) is 18.4 Å². The van der Waals surface area contributed by atoms with Gasteiger partial charge in [0.1, 0.15) is 0 Å². The molecule has 0 radical (unpaired) electrons. The van der Waals surface area contributed by atoms with Crippen molar-refractivity contribution in [1.29, 1.82) is 0 Å². The molecule has 17 heavy (non-hydrogen) atoms. The van der Waals surface area contributed by atoms with E-state index in [2.05, 4.69) is 0 Å². The topological polar surface area (TPSA) is 29.5 Å². The summed E-state index contributed by atoms with van der Waals surface area (Å²) in [4.78, 5) is 0. The molecule has 0 spiro atoms. The Bertz CT molecular complexity index is 366. The maximum absolute atomic E-state index is 13.0. The van der Waals surface area contributed by atoms with Crippen LogP contribution in [0.1, 0.15) is 19.4 Å². The summed E-state index contributed by atoms with van der Waals surface area (Å²) in [6, 6.07) is 3.63. The fraction of sp³-hybridized carbons (Fsp3) is 0.538. The number of ether oxygens (including phenoxy) is 1. The molecule has 2 nitrogen and oxygen atoms in total. The fourth-order valence-electron chi connectivity index (χ4n) is 1.90. The van der Waals surface area contributed by atoms with E-state index in [1.807, 2.05) is 13.8 Å². The zero-order chi connectivity index (χ0) is 13.0. The van der Waals surface area contributed by atoms with Gasteiger partial charge in [0, 0.05) is 13.5 Å². The second-order valence-corrected chi connectivity index (χ2v) is 4.46. The summed E-state index contributed by atoms with van der Waals surface area (Å²) >= 11 is 0. The molecule has 1 aromatic carbocycles. The molecule has 0 amide bonds. The van der Waals surface area contributed by atoms with Gasteiger partial charge in [-0.3, -0.25) is 0 Å². The highest BCUT2D eigenvalue weighted by Crippen LogP contribution is 2.16. The van der Waals surface area contributed by atoms with Gasteiger partial charge in [-0.2, -0.15) is 0 Å². The van der Waals surface area contributed by atoms with Crippen molar-refractivity contribution in [2.75, 3.05) is 7.11 Å². The first kappa shape index (κ1) is 14.1. The maximum atomic E-state index is 13.0. The summed E-state index contributed by atoms with van der Waals surface area (Å²) in [6.45, 7) is 3.87. The molecule has 2 unspecified atom stereocenters. The average Bonchev–Trinajstić information content (AvgIpc) is 2.24. The largest absolute Gasteiger partial charge is 0.390 e. The Kier molecular flexibility index (Phi) is 5.02. The summed E-state index contributed by atoms with van der Waals surface area (Å²) in [5.41, 5.74) is 0.555. The lowest BCUT2D eigenvalue weighted by Crippen LogP contribution is -2.34. The average molecular weight is 244 g/mol. The Hall–Kier alpha value is -1.00. The van der Waals surface area contributed by atoms with Gasteiger partial charge in [-0.15, -0.1) is 0 Å². The number of rotatable bonds is 5. The van der Waals surface area contributed by atoms with Crippen LogP contribution < -0.4 is 0 Å². The quantitative estimate of drug-likeness (QED) is 0.862. The first-order valence-corrected chi connectivity index (χ1v) is 5.60. The number of benzene rings is 1. The minimum absolute atomic E-state index is 0.153. The van der Waals surface area contributed by atoms with Crippen molar-refractivity contribution in [2.24, 2.45) is 5.92 Å². The van der Waals surface area contributed by atoms with E-state index in [1.165, 1.54) is 13.2 Å². The Morgan fingerprint density at radius 1 is 1.24 bits per heavy atom. The number of hydrogen-bond donors (Lipinski definition) is 1. The van der Waals surface area contributed by atoms with Crippen molar-refractivity contribution in [1.82, 2.24) is 0 Å². The summed E-state index contributed by atoms with van der Waals surface area (Å²) in [6.07, 6.45) is -0.804. The molecule has 0 saturated heterocycles. The molecule has 1 aromatic rings. The third-order valence-electron chi connectivity index (χ3n) is 2.74. The minimum atomic E-state index is -0.895. The van der Waals surface area contributed by atoms with Crippen molar-refractivity contribution >= 4 is 0 Å². The van der Waals surface area contributed by atoms with Gasteiger partial charge in [-0.1, -0.05) is 19.9 Å². The lowest BCUT2D eigenvalue weighted by molar-refractivity contribution is -0.0368. The predicted octanol–water partition coefficient (Wildman–Crippen LogP) is 2.54. The van der Waals surface area contributed by atoms with Crippen LogP contribution in [-0.2, 0) is 11.2 Å². The van der Waals surface area contributed by atoms with E-state index < -0.39 is 17.7 Å². The smallest absolute Gasteiger partial charge is 0.159 e. The molecule has 0 fully saturated rings. The molecular formula is C13H18F2O2. The number of methoxy groups -OCH3 is 1. The molecule has 2 atom stereocenters. The van der Waals surface area contributed by atoms with Crippen molar-refractivity contribution < 1.29 is 18.6 Å². The zero-order valence-corrected chi connectivity index (χ0v) is 10.3.